The number of rotatable bonds is 8. The first kappa shape index (κ1) is 24.2. The Labute approximate surface area is 207 Å². The number of carbonyl (C=O) groups excluding carboxylic acids is 1. The second kappa shape index (κ2) is 10.6. The number of hydrogen-bond acceptors (Lipinski definition) is 3. The lowest BCUT2D eigenvalue weighted by molar-refractivity contribution is 0.0729. The summed E-state index contributed by atoms with van der Waals surface area (Å²) in [6, 6.07) is 31.4. The summed E-state index contributed by atoms with van der Waals surface area (Å²) in [7, 11) is -3.79. The van der Waals surface area contributed by atoms with Crippen LogP contribution in [-0.2, 0) is 23.1 Å². The molecule has 0 spiro atoms. The number of anilines is 1. The summed E-state index contributed by atoms with van der Waals surface area (Å²) in [6.45, 7) is 4.55. The molecule has 4 aromatic rings. The molecule has 4 aromatic carbocycles. The molecule has 0 fully saturated rings. The smallest absolute Gasteiger partial charge is 0.261 e. The molecule has 0 aliphatic carbocycles. The highest BCUT2D eigenvalue weighted by Crippen LogP contribution is 2.25. The number of nitrogens with zero attached hydrogens (tertiary/aromatic N) is 1. The fraction of sp³-hybridized carbons (Fsp3) is 0.138. The SMILES string of the molecule is Cc1ccc(S(=O)(=O)Nc2cccc(C(=O)N(Cc3ccccc3)Cc3ccccc3)c2C)cc1. The predicted octanol–water partition coefficient (Wildman–Crippen LogP) is 5.95. The Kier molecular flexibility index (Phi) is 7.32. The van der Waals surface area contributed by atoms with E-state index in [9.17, 15) is 13.2 Å². The fourth-order valence-corrected chi connectivity index (χ4v) is 5.00. The molecule has 0 bridgehead atoms. The minimum absolute atomic E-state index is 0.161. The normalized spacial score (nSPS) is 11.1. The molecule has 0 aliphatic heterocycles. The number of benzene rings is 4. The van der Waals surface area contributed by atoms with E-state index in [1.54, 1.807) is 54.3 Å². The molecule has 0 radical (unpaired) electrons. The van der Waals surface area contributed by atoms with Crippen molar-refractivity contribution >= 4 is 21.6 Å². The lowest BCUT2D eigenvalue weighted by Crippen LogP contribution is -2.31. The number of carbonyl (C=O) groups is 1. The van der Waals surface area contributed by atoms with Crippen LogP contribution in [0.5, 0.6) is 0 Å². The van der Waals surface area contributed by atoms with Crippen LogP contribution >= 0.6 is 0 Å². The van der Waals surface area contributed by atoms with Gasteiger partial charge in [-0.25, -0.2) is 8.42 Å². The summed E-state index contributed by atoms with van der Waals surface area (Å²) < 4.78 is 28.6. The van der Waals surface area contributed by atoms with Crippen molar-refractivity contribution in [2.75, 3.05) is 4.72 Å². The van der Waals surface area contributed by atoms with Crippen molar-refractivity contribution in [3.05, 3.63) is 131 Å². The van der Waals surface area contributed by atoms with Gasteiger partial charge in [0.05, 0.1) is 10.6 Å². The minimum Gasteiger partial charge on any atom is -0.330 e. The lowest BCUT2D eigenvalue weighted by Gasteiger charge is -2.25. The molecule has 35 heavy (non-hydrogen) atoms. The first-order valence-electron chi connectivity index (χ1n) is 11.4. The van der Waals surface area contributed by atoms with Crippen molar-refractivity contribution in [3.8, 4) is 0 Å². The van der Waals surface area contributed by atoms with Crippen molar-refractivity contribution in [2.45, 2.75) is 31.8 Å². The molecule has 1 N–H and O–H groups in total. The van der Waals surface area contributed by atoms with Gasteiger partial charge in [0.25, 0.3) is 15.9 Å². The quantitative estimate of drug-likeness (QED) is 0.336. The fourth-order valence-electron chi connectivity index (χ4n) is 3.88. The van der Waals surface area contributed by atoms with Gasteiger partial charge in [0.15, 0.2) is 0 Å². The molecule has 0 saturated heterocycles. The van der Waals surface area contributed by atoms with Crippen molar-refractivity contribution in [2.24, 2.45) is 0 Å². The maximum atomic E-state index is 13.7. The van der Waals surface area contributed by atoms with Crippen LogP contribution in [0.3, 0.4) is 0 Å². The average molecular weight is 485 g/mol. The first-order valence-corrected chi connectivity index (χ1v) is 12.9. The Balaban J connectivity index is 1.64. The van der Waals surface area contributed by atoms with Crippen molar-refractivity contribution in [1.82, 2.24) is 4.90 Å². The van der Waals surface area contributed by atoms with Gasteiger partial charge in [-0.05, 0) is 54.8 Å². The highest BCUT2D eigenvalue weighted by molar-refractivity contribution is 7.92. The van der Waals surface area contributed by atoms with Gasteiger partial charge in [-0.15, -0.1) is 0 Å². The van der Waals surface area contributed by atoms with Crippen LogP contribution in [0.15, 0.2) is 108 Å². The van der Waals surface area contributed by atoms with Crippen LogP contribution in [0, 0.1) is 13.8 Å². The number of amides is 1. The third-order valence-corrected chi connectivity index (χ3v) is 7.24. The third-order valence-electron chi connectivity index (χ3n) is 5.86. The Bertz CT molecular complexity index is 1360. The van der Waals surface area contributed by atoms with Gasteiger partial charge in [0.1, 0.15) is 0 Å². The number of sulfonamides is 1. The van der Waals surface area contributed by atoms with Gasteiger partial charge < -0.3 is 4.90 Å². The summed E-state index contributed by atoms with van der Waals surface area (Å²) in [5.41, 5.74) is 4.44. The van der Waals surface area contributed by atoms with E-state index in [1.165, 1.54) is 0 Å². The summed E-state index contributed by atoms with van der Waals surface area (Å²) >= 11 is 0. The molecule has 0 atom stereocenters. The second-order valence-electron chi connectivity index (χ2n) is 8.53. The van der Waals surface area contributed by atoms with Crippen LogP contribution in [0.25, 0.3) is 0 Å². The minimum atomic E-state index is -3.79. The lowest BCUT2D eigenvalue weighted by atomic mass is 10.0. The van der Waals surface area contributed by atoms with Crippen LogP contribution < -0.4 is 4.72 Å². The Morgan fingerprint density at radius 1 is 0.714 bits per heavy atom. The van der Waals surface area contributed by atoms with E-state index in [1.807, 2.05) is 67.6 Å². The van der Waals surface area contributed by atoms with E-state index in [-0.39, 0.29) is 10.8 Å². The van der Waals surface area contributed by atoms with Crippen LogP contribution in [0.2, 0.25) is 0 Å². The topological polar surface area (TPSA) is 66.5 Å². The molecular weight excluding hydrogens is 456 g/mol. The van der Waals surface area contributed by atoms with E-state index in [2.05, 4.69) is 4.72 Å². The number of aryl methyl sites for hydroxylation is 1. The Morgan fingerprint density at radius 2 is 1.26 bits per heavy atom. The number of nitrogens with one attached hydrogen (secondary N) is 1. The zero-order valence-electron chi connectivity index (χ0n) is 19.8. The zero-order chi connectivity index (χ0) is 24.8. The van der Waals surface area contributed by atoms with Gasteiger partial charge in [0.2, 0.25) is 0 Å². The van der Waals surface area contributed by atoms with E-state index in [0.29, 0.717) is 29.9 Å². The largest absolute Gasteiger partial charge is 0.330 e. The van der Waals surface area contributed by atoms with E-state index < -0.39 is 10.0 Å². The monoisotopic (exact) mass is 484 g/mol. The standard InChI is InChI=1S/C29H28N2O3S/c1-22-16-18-26(19-17-22)35(33,34)30-28-15-9-14-27(23(28)2)29(32)31(20-24-10-5-3-6-11-24)21-25-12-7-4-8-13-25/h3-19,30H,20-21H2,1-2H3. The predicted molar refractivity (Wildman–Crippen MR) is 140 cm³/mol. The Hall–Kier alpha value is -3.90. The van der Waals surface area contributed by atoms with Gasteiger partial charge in [-0.1, -0.05) is 84.4 Å². The summed E-state index contributed by atoms with van der Waals surface area (Å²) in [6.07, 6.45) is 0. The highest BCUT2D eigenvalue weighted by Gasteiger charge is 2.22. The molecule has 0 aliphatic rings. The zero-order valence-corrected chi connectivity index (χ0v) is 20.6. The molecule has 4 rings (SSSR count). The summed E-state index contributed by atoms with van der Waals surface area (Å²) in [5, 5.41) is 0. The van der Waals surface area contributed by atoms with Crippen molar-refractivity contribution in [3.63, 3.8) is 0 Å². The molecule has 0 saturated carbocycles. The number of hydrogen-bond donors (Lipinski definition) is 1. The average Bonchev–Trinajstić information content (AvgIpc) is 2.86. The Morgan fingerprint density at radius 3 is 1.80 bits per heavy atom. The first-order chi connectivity index (χ1) is 16.8. The molecule has 0 aromatic heterocycles. The van der Waals surface area contributed by atoms with E-state index in [0.717, 1.165) is 16.7 Å². The highest BCUT2D eigenvalue weighted by atomic mass is 32.2. The van der Waals surface area contributed by atoms with Gasteiger partial charge in [-0.2, -0.15) is 0 Å². The van der Waals surface area contributed by atoms with Crippen molar-refractivity contribution in [1.29, 1.82) is 0 Å². The van der Waals surface area contributed by atoms with Gasteiger partial charge in [0, 0.05) is 18.7 Å². The molecule has 6 heteroatoms. The molecular formula is C29H28N2O3S. The van der Waals surface area contributed by atoms with Crippen molar-refractivity contribution < 1.29 is 13.2 Å². The van der Waals surface area contributed by atoms with Crippen LogP contribution in [-0.4, -0.2) is 19.2 Å². The van der Waals surface area contributed by atoms with Crippen LogP contribution in [0.1, 0.15) is 32.6 Å². The van der Waals surface area contributed by atoms with E-state index >= 15 is 0 Å². The second-order valence-corrected chi connectivity index (χ2v) is 10.2. The van der Waals surface area contributed by atoms with E-state index in [4.69, 9.17) is 0 Å². The summed E-state index contributed by atoms with van der Waals surface area (Å²) in [5.74, 6) is -0.161. The molecule has 0 unspecified atom stereocenters. The van der Waals surface area contributed by atoms with Gasteiger partial charge in [-0.3, -0.25) is 9.52 Å². The van der Waals surface area contributed by atoms with Gasteiger partial charge >= 0.3 is 0 Å². The molecule has 0 heterocycles. The molecule has 1 amide bonds. The van der Waals surface area contributed by atoms with Crippen LogP contribution in [0.4, 0.5) is 5.69 Å². The third kappa shape index (κ3) is 5.97. The maximum absolute atomic E-state index is 13.7. The molecule has 5 nitrogen and oxygen atoms in total. The summed E-state index contributed by atoms with van der Waals surface area (Å²) in [4.78, 5) is 15.7. The molecule has 178 valence electrons. The maximum Gasteiger partial charge on any atom is 0.261 e.